The fourth-order valence-corrected chi connectivity index (χ4v) is 1.45. The van der Waals surface area contributed by atoms with Gasteiger partial charge in [-0.2, -0.15) is 10.2 Å². The number of phenolic OH excluding ortho intramolecular Hbond substituents is 1. The zero-order valence-corrected chi connectivity index (χ0v) is 11.0. The topological polar surface area (TPSA) is 117 Å². The standard InChI is InChI=1S/C13H12N4O4/c1-21-9-2-4-11(18)8(6-9)7-14-17-13(20)10-3-5-12(19)16-15-10/h2-7,18H,1H3,(H,16,19)(H,17,20)/b14-7-. The van der Waals surface area contributed by atoms with Gasteiger partial charge in [0.25, 0.3) is 11.5 Å². The van der Waals surface area contributed by atoms with Crippen LogP contribution in [-0.2, 0) is 0 Å². The lowest BCUT2D eigenvalue weighted by Gasteiger charge is -2.03. The molecule has 0 radical (unpaired) electrons. The van der Waals surface area contributed by atoms with Gasteiger partial charge < -0.3 is 9.84 Å². The average molecular weight is 288 g/mol. The Bertz CT molecular complexity index is 719. The van der Waals surface area contributed by atoms with Crippen LogP contribution >= 0.6 is 0 Å². The van der Waals surface area contributed by atoms with Gasteiger partial charge in [0.2, 0.25) is 0 Å². The number of nitrogens with zero attached hydrogens (tertiary/aromatic N) is 2. The number of rotatable bonds is 4. The van der Waals surface area contributed by atoms with E-state index in [1.54, 1.807) is 12.1 Å². The largest absolute Gasteiger partial charge is 0.507 e. The highest BCUT2D eigenvalue weighted by Gasteiger charge is 2.06. The van der Waals surface area contributed by atoms with Gasteiger partial charge in [0.05, 0.1) is 13.3 Å². The van der Waals surface area contributed by atoms with Crippen molar-refractivity contribution in [1.82, 2.24) is 15.6 Å². The molecule has 0 bridgehead atoms. The average Bonchev–Trinajstić information content (AvgIpc) is 2.49. The van der Waals surface area contributed by atoms with E-state index in [1.807, 2.05) is 0 Å². The summed E-state index contributed by atoms with van der Waals surface area (Å²) in [5.41, 5.74) is 2.21. The lowest BCUT2D eigenvalue weighted by molar-refractivity contribution is 0.0949. The number of H-pyrrole nitrogens is 1. The Kier molecular flexibility index (Phi) is 4.30. The van der Waals surface area contributed by atoms with Crippen LogP contribution in [0.25, 0.3) is 0 Å². The lowest BCUT2D eigenvalue weighted by Crippen LogP contribution is -2.21. The number of aromatic nitrogens is 2. The third kappa shape index (κ3) is 3.66. The number of methoxy groups -OCH3 is 1. The summed E-state index contributed by atoms with van der Waals surface area (Å²) < 4.78 is 5.01. The lowest BCUT2D eigenvalue weighted by atomic mass is 10.2. The molecule has 0 atom stereocenters. The molecular formula is C13H12N4O4. The highest BCUT2D eigenvalue weighted by molar-refractivity contribution is 5.93. The van der Waals surface area contributed by atoms with E-state index in [0.29, 0.717) is 11.3 Å². The second-order valence-electron chi connectivity index (χ2n) is 3.93. The molecule has 21 heavy (non-hydrogen) atoms. The van der Waals surface area contributed by atoms with E-state index in [-0.39, 0.29) is 11.4 Å². The van der Waals surface area contributed by atoms with Gasteiger partial charge >= 0.3 is 0 Å². The molecule has 0 aliphatic carbocycles. The number of carbonyl (C=O) groups excluding carboxylic acids is 1. The van der Waals surface area contributed by atoms with Gasteiger partial charge in [-0.1, -0.05) is 0 Å². The predicted octanol–water partition coefficient (Wildman–Crippen LogP) is 0.248. The molecule has 0 fully saturated rings. The number of phenols is 1. The van der Waals surface area contributed by atoms with E-state index in [9.17, 15) is 14.7 Å². The number of hydrazone groups is 1. The minimum atomic E-state index is -0.593. The number of hydrogen-bond acceptors (Lipinski definition) is 6. The van der Waals surface area contributed by atoms with Crippen LogP contribution in [0.5, 0.6) is 11.5 Å². The van der Waals surface area contributed by atoms with Crippen molar-refractivity contribution in [3.8, 4) is 11.5 Å². The second-order valence-corrected chi connectivity index (χ2v) is 3.93. The molecule has 8 nitrogen and oxygen atoms in total. The smallest absolute Gasteiger partial charge is 0.291 e. The molecule has 0 spiro atoms. The molecule has 1 heterocycles. The van der Waals surface area contributed by atoms with Crippen LogP contribution in [-0.4, -0.2) is 34.5 Å². The molecule has 3 N–H and O–H groups in total. The Morgan fingerprint density at radius 1 is 1.43 bits per heavy atom. The monoisotopic (exact) mass is 288 g/mol. The van der Waals surface area contributed by atoms with Gasteiger partial charge in [0.1, 0.15) is 11.5 Å². The van der Waals surface area contributed by atoms with Gasteiger partial charge in [-0.25, -0.2) is 10.5 Å². The maximum atomic E-state index is 11.7. The van der Waals surface area contributed by atoms with Crippen molar-refractivity contribution in [3.63, 3.8) is 0 Å². The zero-order valence-electron chi connectivity index (χ0n) is 11.0. The number of ether oxygens (including phenoxy) is 1. The van der Waals surface area contributed by atoms with Crippen LogP contribution in [0, 0.1) is 0 Å². The quantitative estimate of drug-likeness (QED) is 0.550. The highest BCUT2D eigenvalue weighted by Crippen LogP contribution is 2.20. The number of benzene rings is 1. The Labute approximate surface area is 119 Å². The van der Waals surface area contributed by atoms with Gasteiger partial charge in [-0.3, -0.25) is 9.59 Å². The number of aromatic amines is 1. The van der Waals surface area contributed by atoms with Crippen molar-refractivity contribution in [2.75, 3.05) is 7.11 Å². The van der Waals surface area contributed by atoms with E-state index in [0.717, 1.165) is 0 Å². The summed E-state index contributed by atoms with van der Waals surface area (Å²) in [4.78, 5) is 22.5. The number of amides is 1. The van der Waals surface area contributed by atoms with Crippen LogP contribution in [0.1, 0.15) is 16.1 Å². The van der Waals surface area contributed by atoms with Crippen molar-refractivity contribution in [2.45, 2.75) is 0 Å². The van der Waals surface area contributed by atoms with E-state index in [1.165, 1.54) is 31.5 Å². The molecular weight excluding hydrogens is 276 g/mol. The number of carbonyl (C=O) groups is 1. The van der Waals surface area contributed by atoms with Gasteiger partial charge in [0, 0.05) is 11.6 Å². The maximum Gasteiger partial charge on any atom is 0.291 e. The van der Waals surface area contributed by atoms with Crippen molar-refractivity contribution in [3.05, 3.63) is 51.9 Å². The SMILES string of the molecule is COc1ccc(O)c(/C=N\NC(=O)c2ccc(=O)[nH]n2)c1. The molecule has 8 heteroatoms. The first-order chi connectivity index (χ1) is 10.1. The van der Waals surface area contributed by atoms with E-state index in [4.69, 9.17) is 4.74 Å². The summed E-state index contributed by atoms with van der Waals surface area (Å²) in [5, 5.41) is 19.0. The van der Waals surface area contributed by atoms with Crippen LogP contribution in [0.15, 0.2) is 40.2 Å². The first-order valence-corrected chi connectivity index (χ1v) is 5.86. The van der Waals surface area contributed by atoms with Crippen molar-refractivity contribution < 1.29 is 14.6 Å². The summed E-state index contributed by atoms with van der Waals surface area (Å²) in [7, 11) is 1.50. The molecule has 2 aromatic rings. The Morgan fingerprint density at radius 2 is 2.24 bits per heavy atom. The van der Waals surface area contributed by atoms with Gasteiger partial charge in [-0.15, -0.1) is 0 Å². The minimum absolute atomic E-state index is 0.00374. The van der Waals surface area contributed by atoms with E-state index >= 15 is 0 Å². The van der Waals surface area contributed by atoms with E-state index in [2.05, 4.69) is 20.7 Å². The molecule has 0 aliphatic rings. The van der Waals surface area contributed by atoms with Gasteiger partial charge in [-0.05, 0) is 24.3 Å². The Hall–Kier alpha value is -3.16. The molecule has 0 saturated carbocycles. The first kappa shape index (κ1) is 14.3. The Morgan fingerprint density at radius 3 is 2.90 bits per heavy atom. The van der Waals surface area contributed by atoms with E-state index < -0.39 is 11.5 Å². The molecule has 1 aromatic carbocycles. The number of hydrogen-bond donors (Lipinski definition) is 3. The molecule has 0 aliphatic heterocycles. The van der Waals surface area contributed by atoms with Gasteiger partial charge in [0.15, 0.2) is 5.69 Å². The third-order valence-corrected chi connectivity index (χ3v) is 2.52. The molecule has 0 saturated heterocycles. The summed E-state index contributed by atoms with van der Waals surface area (Å²) >= 11 is 0. The first-order valence-electron chi connectivity index (χ1n) is 5.86. The van der Waals surface area contributed by atoms with Crippen molar-refractivity contribution >= 4 is 12.1 Å². The summed E-state index contributed by atoms with van der Waals surface area (Å²) in [5.74, 6) is -0.0521. The summed E-state index contributed by atoms with van der Waals surface area (Å²) in [6.07, 6.45) is 1.27. The van der Waals surface area contributed by atoms with Crippen molar-refractivity contribution in [2.24, 2.45) is 5.10 Å². The molecule has 2 rings (SSSR count). The summed E-state index contributed by atoms with van der Waals surface area (Å²) in [6, 6.07) is 7.05. The summed E-state index contributed by atoms with van der Waals surface area (Å²) in [6.45, 7) is 0. The molecule has 108 valence electrons. The normalized spacial score (nSPS) is 10.5. The fourth-order valence-electron chi connectivity index (χ4n) is 1.45. The van der Waals surface area contributed by atoms with Crippen LogP contribution < -0.4 is 15.7 Å². The number of nitrogens with one attached hydrogen (secondary N) is 2. The zero-order chi connectivity index (χ0) is 15.2. The van der Waals surface area contributed by atoms with Crippen LogP contribution in [0.4, 0.5) is 0 Å². The molecule has 0 unspecified atom stereocenters. The minimum Gasteiger partial charge on any atom is -0.507 e. The highest BCUT2D eigenvalue weighted by atomic mass is 16.5. The predicted molar refractivity (Wildman–Crippen MR) is 74.6 cm³/mol. The van der Waals surface area contributed by atoms with Crippen LogP contribution in [0.2, 0.25) is 0 Å². The molecule has 1 amide bonds. The Balaban J connectivity index is 2.07. The number of aromatic hydroxyl groups is 1. The third-order valence-electron chi connectivity index (χ3n) is 2.52. The second kappa shape index (κ2) is 6.33. The van der Waals surface area contributed by atoms with Crippen LogP contribution in [0.3, 0.4) is 0 Å². The van der Waals surface area contributed by atoms with Crippen molar-refractivity contribution in [1.29, 1.82) is 0 Å². The fraction of sp³-hybridized carbons (Fsp3) is 0.0769. The maximum absolute atomic E-state index is 11.7. The molecule has 1 aromatic heterocycles.